The van der Waals surface area contributed by atoms with Crippen LogP contribution in [0.3, 0.4) is 0 Å². The van der Waals surface area contributed by atoms with E-state index in [4.69, 9.17) is 9.26 Å². The number of nitrogens with one attached hydrogen (secondary N) is 1. The molecule has 0 radical (unpaired) electrons. The minimum Gasteiger partial charge on any atom is -0.497 e. The third-order valence-electron chi connectivity index (χ3n) is 2.72. The summed E-state index contributed by atoms with van der Waals surface area (Å²) in [7, 11) is -1.88. The SMILES string of the molecule is COc1cccc(CS(=O)(=O)NCCc2nc(C)no2)c1. The van der Waals surface area contributed by atoms with E-state index in [1.807, 2.05) is 0 Å². The second-order valence-corrected chi connectivity index (χ2v) is 6.30. The van der Waals surface area contributed by atoms with Gasteiger partial charge in [0, 0.05) is 13.0 Å². The van der Waals surface area contributed by atoms with E-state index in [0.29, 0.717) is 29.4 Å². The highest BCUT2D eigenvalue weighted by Gasteiger charge is 2.12. The van der Waals surface area contributed by atoms with Gasteiger partial charge < -0.3 is 9.26 Å². The molecule has 0 aliphatic rings. The monoisotopic (exact) mass is 311 g/mol. The van der Waals surface area contributed by atoms with E-state index < -0.39 is 10.0 Å². The van der Waals surface area contributed by atoms with Crippen LogP contribution in [0.25, 0.3) is 0 Å². The highest BCUT2D eigenvalue weighted by Crippen LogP contribution is 2.14. The van der Waals surface area contributed by atoms with Crippen molar-refractivity contribution in [3.8, 4) is 5.75 Å². The Morgan fingerprint density at radius 1 is 1.38 bits per heavy atom. The smallest absolute Gasteiger partial charge is 0.227 e. The maximum Gasteiger partial charge on any atom is 0.227 e. The highest BCUT2D eigenvalue weighted by molar-refractivity contribution is 7.88. The second-order valence-electron chi connectivity index (χ2n) is 4.49. The number of ether oxygens (including phenoxy) is 1. The Morgan fingerprint density at radius 2 is 2.19 bits per heavy atom. The first-order valence-electron chi connectivity index (χ1n) is 6.38. The summed E-state index contributed by atoms with van der Waals surface area (Å²) in [6.07, 6.45) is 0.359. The van der Waals surface area contributed by atoms with Crippen molar-refractivity contribution in [3.63, 3.8) is 0 Å². The van der Waals surface area contributed by atoms with Gasteiger partial charge in [-0.15, -0.1) is 0 Å². The van der Waals surface area contributed by atoms with Crippen molar-refractivity contribution in [1.29, 1.82) is 0 Å². The Kier molecular flexibility index (Phi) is 4.92. The van der Waals surface area contributed by atoms with Gasteiger partial charge in [-0.2, -0.15) is 4.98 Å². The Balaban J connectivity index is 1.89. The molecule has 0 amide bonds. The molecule has 0 aliphatic heterocycles. The average Bonchev–Trinajstić information content (AvgIpc) is 2.84. The number of aromatic nitrogens is 2. The highest BCUT2D eigenvalue weighted by atomic mass is 32.2. The lowest BCUT2D eigenvalue weighted by atomic mass is 10.2. The van der Waals surface area contributed by atoms with Crippen molar-refractivity contribution in [1.82, 2.24) is 14.9 Å². The van der Waals surface area contributed by atoms with Crippen molar-refractivity contribution in [2.45, 2.75) is 19.1 Å². The largest absolute Gasteiger partial charge is 0.497 e. The van der Waals surface area contributed by atoms with E-state index in [9.17, 15) is 8.42 Å². The van der Waals surface area contributed by atoms with Crippen LogP contribution in [0, 0.1) is 6.92 Å². The Labute approximate surface area is 123 Å². The van der Waals surface area contributed by atoms with Crippen LogP contribution in [0.5, 0.6) is 5.75 Å². The fourth-order valence-electron chi connectivity index (χ4n) is 1.79. The van der Waals surface area contributed by atoms with Gasteiger partial charge >= 0.3 is 0 Å². The lowest BCUT2D eigenvalue weighted by Crippen LogP contribution is -2.27. The Bertz CT molecular complexity index is 697. The molecule has 2 aromatic rings. The van der Waals surface area contributed by atoms with Gasteiger partial charge in [-0.3, -0.25) is 0 Å². The molecule has 2 rings (SSSR count). The first kappa shape index (κ1) is 15.5. The average molecular weight is 311 g/mol. The van der Waals surface area contributed by atoms with Crippen LogP contribution >= 0.6 is 0 Å². The molecule has 0 saturated heterocycles. The lowest BCUT2D eigenvalue weighted by Gasteiger charge is -2.07. The minimum absolute atomic E-state index is 0.104. The zero-order valence-corrected chi connectivity index (χ0v) is 12.7. The molecular formula is C13H17N3O4S. The van der Waals surface area contributed by atoms with Crippen LogP contribution in [-0.2, 0) is 22.2 Å². The first-order chi connectivity index (χ1) is 9.98. The zero-order chi connectivity index (χ0) is 15.3. The number of sulfonamides is 1. The van der Waals surface area contributed by atoms with E-state index in [0.717, 1.165) is 0 Å². The summed E-state index contributed by atoms with van der Waals surface area (Å²) < 4.78 is 36.4. The van der Waals surface area contributed by atoms with Gasteiger partial charge in [0.2, 0.25) is 15.9 Å². The Hall–Kier alpha value is -1.93. The third kappa shape index (κ3) is 4.83. The van der Waals surface area contributed by atoms with Crippen molar-refractivity contribution >= 4 is 10.0 Å². The van der Waals surface area contributed by atoms with Gasteiger partial charge in [0.05, 0.1) is 12.9 Å². The normalized spacial score (nSPS) is 11.5. The predicted molar refractivity (Wildman–Crippen MR) is 76.4 cm³/mol. The molecule has 0 saturated carbocycles. The molecule has 1 N–H and O–H groups in total. The number of aryl methyl sites for hydroxylation is 1. The summed E-state index contributed by atoms with van der Waals surface area (Å²) in [4.78, 5) is 4.01. The van der Waals surface area contributed by atoms with E-state index >= 15 is 0 Å². The Morgan fingerprint density at radius 3 is 2.86 bits per heavy atom. The van der Waals surface area contributed by atoms with Crippen molar-refractivity contribution in [2.75, 3.05) is 13.7 Å². The number of nitrogens with zero attached hydrogens (tertiary/aromatic N) is 2. The van der Waals surface area contributed by atoms with Crippen LogP contribution < -0.4 is 9.46 Å². The fraction of sp³-hybridized carbons (Fsp3) is 0.385. The summed E-state index contributed by atoms with van der Waals surface area (Å²) in [5.41, 5.74) is 0.662. The number of benzene rings is 1. The second kappa shape index (κ2) is 6.68. The molecule has 0 spiro atoms. The standard InChI is InChI=1S/C13H17N3O4S/c1-10-15-13(20-16-10)6-7-14-21(17,18)9-11-4-3-5-12(8-11)19-2/h3-5,8,14H,6-7,9H2,1-2H3. The molecule has 1 heterocycles. The van der Waals surface area contributed by atoms with E-state index in [-0.39, 0.29) is 12.3 Å². The number of hydrogen-bond acceptors (Lipinski definition) is 6. The van der Waals surface area contributed by atoms with Gasteiger partial charge in [0.15, 0.2) is 5.82 Å². The van der Waals surface area contributed by atoms with Gasteiger partial charge in [-0.1, -0.05) is 17.3 Å². The molecule has 21 heavy (non-hydrogen) atoms. The molecule has 0 aliphatic carbocycles. The van der Waals surface area contributed by atoms with E-state index in [1.165, 1.54) is 7.11 Å². The zero-order valence-electron chi connectivity index (χ0n) is 11.9. The van der Waals surface area contributed by atoms with Crippen molar-refractivity contribution in [3.05, 3.63) is 41.5 Å². The molecule has 0 bridgehead atoms. The van der Waals surface area contributed by atoms with Crippen molar-refractivity contribution < 1.29 is 17.7 Å². The van der Waals surface area contributed by atoms with Crippen LogP contribution in [0.2, 0.25) is 0 Å². The summed E-state index contributed by atoms with van der Waals surface area (Å²) in [5, 5.41) is 3.64. The third-order valence-corrected chi connectivity index (χ3v) is 4.08. The molecule has 0 fully saturated rings. The molecule has 1 aromatic carbocycles. The molecule has 8 heteroatoms. The van der Waals surface area contributed by atoms with E-state index in [1.54, 1.807) is 31.2 Å². The predicted octanol–water partition coefficient (Wildman–Crippen LogP) is 1.05. The summed E-state index contributed by atoms with van der Waals surface area (Å²) in [6.45, 7) is 1.92. The van der Waals surface area contributed by atoms with Crippen molar-refractivity contribution in [2.24, 2.45) is 0 Å². The lowest BCUT2D eigenvalue weighted by molar-refractivity contribution is 0.375. The molecular weight excluding hydrogens is 294 g/mol. The molecule has 1 aromatic heterocycles. The van der Waals surface area contributed by atoms with Gasteiger partial charge in [-0.05, 0) is 24.6 Å². The molecule has 0 atom stereocenters. The molecule has 114 valence electrons. The molecule has 7 nitrogen and oxygen atoms in total. The minimum atomic E-state index is -3.42. The molecule has 0 unspecified atom stereocenters. The summed E-state index contributed by atoms with van der Waals surface area (Å²) >= 11 is 0. The number of rotatable bonds is 7. The van der Waals surface area contributed by atoms with Crippen LogP contribution in [0.1, 0.15) is 17.3 Å². The van der Waals surface area contributed by atoms with Gasteiger partial charge in [-0.25, -0.2) is 13.1 Å². The maximum absolute atomic E-state index is 12.0. The quantitative estimate of drug-likeness (QED) is 0.821. The fourth-order valence-corrected chi connectivity index (χ4v) is 2.92. The van der Waals surface area contributed by atoms with E-state index in [2.05, 4.69) is 14.9 Å². The first-order valence-corrected chi connectivity index (χ1v) is 8.03. The number of hydrogen-bond donors (Lipinski definition) is 1. The van der Waals surface area contributed by atoms with Gasteiger partial charge in [0.25, 0.3) is 0 Å². The number of methoxy groups -OCH3 is 1. The summed E-state index contributed by atoms with van der Waals surface area (Å²) in [6, 6.07) is 6.95. The van der Waals surface area contributed by atoms with Gasteiger partial charge in [0.1, 0.15) is 5.75 Å². The van der Waals surface area contributed by atoms with Crippen LogP contribution in [0.4, 0.5) is 0 Å². The van der Waals surface area contributed by atoms with Crippen LogP contribution in [-0.4, -0.2) is 32.2 Å². The maximum atomic E-state index is 12.0. The topological polar surface area (TPSA) is 94.3 Å². The van der Waals surface area contributed by atoms with Crippen LogP contribution in [0.15, 0.2) is 28.8 Å². The summed E-state index contributed by atoms with van der Waals surface area (Å²) in [5.74, 6) is 1.47.